The fourth-order valence-electron chi connectivity index (χ4n) is 2.69. The van der Waals surface area contributed by atoms with Gasteiger partial charge in [-0.25, -0.2) is 0 Å². The quantitative estimate of drug-likeness (QED) is 0.778. The Kier molecular flexibility index (Phi) is 3.36. The number of anilines is 1. The van der Waals surface area contributed by atoms with Crippen molar-refractivity contribution in [1.82, 2.24) is 0 Å². The number of carbonyl (C=O) groups excluding carboxylic acids is 2. The molecule has 0 saturated carbocycles. The van der Waals surface area contributed by atoms with Crippen LogP contribution in [0.1, 0.15) is 20.0 Å². The zero-order valence-electron chi connectivity index (χ0n) is 12.4. The van der Waals surface area contributed by atoms with Gasteiger partial charge in [0.2, 0.25) is 5.78 Å². The standard InChI is InChI=1S/C19H11NO3S/c21-14-10-13(20-11-6-2-1-3-7-11)18(23)16-17(22)12-8-4-5-9-15(12)24-19(14)16/h1-10,20H. The summed E-state index contributed by atoms with van der Waals surface area (Å²) in [7, 11) is 0. The molecule has 2 aromatic carbocycles. The van der Waals surface area contributed by atoms with Crippen molar-refractivity contribution in [3.63, 3.8) is 0 Å². The van der Waals surface area contributed by atoms with Crippen LogP contribution in [0.15, 0.2) is 71.2 Å². The van der Waals surface area contributed by atoms with Crippen molar-refractivity contribution < 1.29 is 9.59 Å². The van der Waals surface area contributed by atoms with E-state index in [4.69, 9.17) is 0 Å². The molecule has 4 nitrogen and oxygen atoms in total. The van der Waals surface area contributed by atoms with Crippen LogP contribution in [0.4, 0.5) is 5.69 Å². The molecule has 1 aromatic heterocycles. The number of allylic oxidation sites excluding steroid dienone is 2. The van der Waals surface area contributed by atoms with Gasteiger partial charge in [-0.1, -0.05) is 30.3 Å². The zero-order chi connectivity index (χ0) is 16.7. The van der Waals surface area contributed by atoms with Crippen LogP contribution < -0.4 is 10.7 Å². The number of para-hydroxylation sites is 1. The molecule has 1 heterocycles. The third-order valence-corrected chi connectivity index (χ3v) is 5.01. The van der Waals surface area contributed by atoms with Gasteiger partial charge in [0, 0.05) is 21.8 Å². The van der Waals surface area contributed by atoms with Crippen molar-refractivity contribution in [3.8, 4) is 0 Å². The molecule has 0 saturated heterocycles. The largest absolute Gasteiger partial charge is 0.352 e. The lowest BCUT2D eigenvalue weighted by Crippen LogP contribution is -2.27. The van der Waals surface area contributed by atoms with Gasteiger partial charge in [0.15, 0.2) is 11.2 Å². The maximum absolute atomic E-state index is 12.8. The minimum atomic E-state index is -0.444. The summed E-state index contributed by atoms with van der Waals surface area (Å²) < 4.78 is 0.704. The van der Waals surface area contributed by atoms with Gasteiger partial charge in [-0.2, -0.15) is 0 Å². The molecule has 116 valence electrons. The molecule has 0 aliphatic heterocycles. The Morgan fingerprint density at radius 1 is 0.833 bits per heavy atom. The van der Waals surface area contributed by atoms with Gasteiger partial charge in [0.25, 0.3) is 0 Å². The monoisotopic (exact) mass is 333 g/mol. The highest BCUT2D eigenvalue weighted by molar-refractivity contribution is 7.20. The third kappa shape index (κ3) is 2.26. The maximum atomic E-state index is 12.8. The molecule has 4 rings (SSSR count). The molecule has 0 bridgehead atoms. The fourth-order valence-corrected chi connectivity index (χ4v) is 3.77. The highest BCUT2D eigenvalue weighted by Gasteiger charge is 2.30. The maximum Gasteiger partial charge on any atom is 0.214 e. The smallest absolute Gasteiger partial charge is 0.214 e. The van der Waals surface area contributed by atoms with Crippen molar-refractivity contribution in [3.05, 3.63) is 87.0 Å². The summed E-state index contributed by atoms with van der Waals surface area (Å²) in [5.41, 5.74) is 0.381. The number of benzene rings is 2. The van der Waals surface area contributed by atoms with Gasteiger partial charge in [0.1, 0.15) is 0 Å². The van der Waals surface area contributed by atoms with E-state index in [0.717, 1.165) is 0 Å². The molecule has 1 aliphatic carbocycles. The molecule has 3 aromatic rings. The van der Waals surface area contributed by atoms with E-state index in [1.54, 1.807) is 36.4 Å². The van der Waals surface area contributed by atoms with E-state index in [-0.39, 0.29) is 21.9 Å². The van der Waals surface area contributed by atoms with Crippen molar-refractivity contribution in [2.24, 2.45) is 0 Å². The first-order chi connectivity index (χ1) is 11.6. The molecule has 24 heavy (non-hydrogen) atoms. The number of carbonyl (C=O) groups is 2. The SMILES string of the molecule is O=C1C=C(Nc2ccccc2)C(=O)c2c1sc1ccccc1c2=O. The Hall–Kier alpha value is -3.05. The summed E-state index contributed by atoms with van der Waals surface area (Å²) in [5.74, 6) is -0.767. The van der Waals surface area contributed by atoms with E-state index >= 15 is 0 Å². The van der Waals surface area contributed by atoms with Crippen molar-refractivity contribution in [2.45, 2.75) is 0 Å². The summed E-state index contributed by atoms with van der Waals surface area (Å²) in [5, 5.41) is 3.40. The number of Topliss-reactive ketones (excluding diaryl/α,β-unsaturated/α-hetero) is 1. The number of rotatable bonds is 2. The van der Waals surface area contributed by atoms with Gasteiger partial charge >= 0.3 is 0 Å². The van der Waals surface area contributed by atoms with Crippen LogP contribution in [-0.2, 0) is 0 Å². The molecule has 0 unspecified atom stereocenters. The number of ketones is 2. The normalized spacial score (nSPS) is 13.6. The van der Waals surface area contributed by atoms with Crippen LogP contribution in [0.3, 0.4) is 0 Å². The second kappa shape index (κ2) is 5.54. The number of hydrogen-bond acceptors (Lipinski definition) is 5. The van der Waals surface area contributed by atoms with Crippen LogP contribution >= 0.6 is 11.3 Å². The number of fused-ring (bicyclic) bond motifs is 2. The molecule has 0 radical (unpaired) electrons. The van der Waals surface area contributed by atoms with Gasteiger partial charge < -0.3 is 5.32 Å². The first-order valence-corrected chi connectivity index (χ1v) is 8.15. The van der Waals surface area contributed by atoms with Crippen LogP contribution in [0.2, 0.25) is 0 Å². The molecule has 0 atom stereocenters. The number of nitrogens with one attached hydrogen (secondary N) is 1. The third-order valence-electron chi connectivity index (χ3n) is 3.82. The topological polar surface area (TPSA) is 63.2 Å². The summed E-state index contributed by atoms with van der Waals surface area (Å²) in [6, 6.07) is 16.1. The summed E-state index contributed by atoms with van der Waals surface area (Å²) in [6.45, 7) is 0. The predicted molar refractivity (Wildman–Crippen MR) is 94.9 cm³/mol. The van der Waals surface area contributed by atoms with Crippen molar-refractivity contribution in [2.75, 3.05) is 5.32 Å². The summed E-state index contributed by atoms with van der Waals surface area (Å²) in [4.78, 5) is 38.1. The lowest BCUT2D eigenvalue weighted by Gasteiger charge is -2.16. The van der Waals surface area contributed by atoms with Crippen LogP contribution in [0, 0.1) is 0 Å². The first-order valence-electron chi connectivity index (χ1n) is 7.34. The highest BCUT2D eigenvalue weighted by Crippen LogP contribution is 2.28. The second-order valence-corrected chi connectivity index (χ2v) is 6.43. The molecule has 0 fully saturated rings. The Balaban J connectivity index is 1.87. The summed E-state index contributed by atoms with van der Waals surface area (Å²) >= 11 is 1.18. The molecule has 0 amide bonds. The van der Waals surface area contributed by atoms with E-state index < -0.39 is 11.2 Å². The average molecular weight is 333 g/mol. The van der Waals surface area contributed by atoms with Gasteiger partial charge in [-0.05, 0) is 24.3 Å². The fraction of sp³-hybridized carbons (Fsp3) is 0. The molecular weight excluding hydrogens is 322 g/mol. The van der Waals surface area contributed by atoms with Crippen LogP contribution in [0.25, 0.3) is 10.1 Å². The lowest BCUT2D eigenvalue weighted by molar-refractivity contribution is 0.0987. The number of hydrogen-bond donors (Lipinski definition) is 1. The molecule has 5 heteroatoms. The van der Waals surface area contributed by atoms with Gasteiger partial charge in [-0.15, -0.1) is 11.3 Å². The minimum Gasteiger partial charge on any atom is -0.352 e. The molecule has 1 N–H and O–H groups in total. The molecular formula is C19H11NO3S. The molecule has 1 aliphatic rings. The molecule has 0 spiro atoms. The van der Waals surface area contributed by atoms with E-state index in [1.807, 2.05) is 18.2 Å². The Labute approximate surface area is 141 Å². The zero-order valence-corrected chi connectivity index (χ0v) is 13.2. The van der Waals surface area contributed by atoms with E-state index in [1.165, 1.54) is 17.4 Å². The van der Waals surface area contributed by atoms with Crippen molar-refractivity contribution >= 4 is 38.7 Å². The van der Waals surface area contributed by atoms with E-state index in [0.29, 0.717) is 15.8 Å². The van der Waals surface area contributed by atoms with Crippen molar-refractivity contribution in [1.29, 1.82) is 0 Å². The van der Waals surface area contributed by atoms with Gasteiger partial charge in [0.05, 0.1) is 16.1 Å². The van der Waals surface area contributed by atoms with Crippen LogP contribution in [-0.4, -0.2) is 11.6 Å². The average Bonchev–Trinajstić information content (AvgIpc) is 2.60. The minimum absolute atomic E-state index is 0.0374. The second-order valence-electron chi connectivity index (χ2n) is 5.37. The van der Waals surface area contributed by atoms with Gasteiger partial charge in [-0.3, -0.25) is 14.4 Å². The van der Waals surface area contributed by atoms with E-state index in [9.17, 15) is 14.4 Å². The van der Waals surface area contributed by atoms with Crippen LogP contribution in [0.5, 0.6) is 0 Å². The Morgan fingerprint density at radius 3 is 2.33 bits per heavy atom. The Morgan fingerprint density at radius 2 is 1.54 bits per heavy atom. The first kappa shape index (κ1) is 14.5. The predicted octanol–water partition coefficient (Wildman–Crippen LogP) is 3.64. The van der Waals surface area contributed by atoms with E-state index in [2.05, 4.69) is 5.32 Å². The lowest BCUT2D eigenvalue weighted by atomic mass is 9.98. The Bertz CT molecular complexity index is 1080. The highest BCUT2D eigenvalue weighted by atomic mass is 32.1. The summed E-state index contributed by atoms with van der Waals surface area (Å²) in [6.07, 6.45) is 1.27.